The highest BCUT2D eigenvalue weighted by Crippen LogP contribution is 2.24. The third kappa shape index (κ3) is 3.84. The number of nitrogens with two attached hydrogens (primary N) is 1. The van der Waals surface area contributed by atoms with Gasteiger partial charge < -0.3 is 5.73 Å². The summed E-state index contributed by atoms with van der Waals surface area (Å²) in [6.45, 7) is 11.5. The fourth-order valence-corrected chi connectivity index (χ4v) is 4.34. The molecule has 6 nitrogen and oxygen atoms in total. The maximum atomic E-state index is 12.9. The zero-order valence-corrected chi connectivity index (χ0v) is 14.6. The lowest BCUT2D eigenvalue weighted by Crippen LogP contribution is -2.35. The van der Waals surface area contributed by atoms with Crippen LogP contribution in [0.25, 0.3) is 0 Å². The number of aromatic nitrogens is 2. The van der Waals surface area contributed by atoms with Crippen molar-refractivity contribution in [1.29, 1.82) is 0 Å². The molecule has 0 radical (unpaired) electrons. The van der Waals surface area contributed by atoms with Gasteiger partial charge in [0.2, 0.25) is 10.0 Å². The van der Waals surface area contributed by atoms with Crippen LogP contribution in [-0.4, -0.2) is 42.1 Å². The summed E-state index contributed by atoms with van der Waals surface area (Å²) in [5, 5.41) is 4.31. The molecule has 0 spiro atoms. The number of hydrogen-bond acceptors (Lipinski definition) is 4. The Hall–Kier alpha value is -0.920. The van der Waals surface area contributed by atoms with Crippen molar-refractivity contribution in [1.82, 2.24) is 14.1 Å². The minimum Gasteiger partial charge on any atom is -0.329 e. The minimum atomic E-state index is -3.51. The van der Waals surface area contributed by atoms with E-state index in [0.29, 0.717) is 48.4 Å². The van der Waals surface area contributed by atoms with Crippen molar-refractivity contribution < 1.29 is 8.42 Å². The maximum Gasteiger partial charge on any atom is 0.246 e. The molecule has 122 valence electrons. The molecule has 0 bridgehead atoms. The quantitative estimate of drug-likeness (QED) is 0.788. The molecule has 0 fully saturated rings. The second-order valence-electron chi connectivity index (χ2n) is 5.48. The van der Waals surface area contributed by atoms with E-state index in [1.807, 2.05) is 6.92 Å². The fourth-order valence-electron chi connectivity index (χ4n) is 2.40. The average molecular weight is 316 g/mol. The first-order valence-electron chi connectivity index (χ1n) is 7.53. The van der Waals surface area contributed by atoms with Gasteiger partial charge in [-0.25, -0.2) is 8.42 Å². The average Bonchev–Trinajstić information content (AvgIpc) is 2.71. The Balaban J connectivity index is 3.23. The van der Waals surface area contributed by atoms with Gasteiger partial charge in [-0.1, -0.05) is 27.2 Å². The van der Waals surface area contributed by atoms with Gasteiger partial charge >= 0.3 is 0 Å². The van der Waals surface area contributed by atoms with Crippen molar-refractivity contribution in [3.63, 3.8) is 0 Å². The van der Waals surface area contributed by atoms with E-state index in [9.17, 15) is 8.42 Å². The lowest BCUT2D eigenvalue weighted by Gasteiger charge is -2.23. The number of rotatable bonds is 8. The summed E-state index contributed by atoms with van der Waals surface area (Å²) in [4.78, 5) is 0.334. The number of sulfonamides is 1. The van der Waals surface area contributed by atoms with Gasteiger partial charge in [0.15, 0.2) is 0 Å². The number of nitrogens with zero attached hydrogens (tertiary/aromatic N) is 3. The molecule has 1 heterocycles. The van der Waals surface area contributed by atoms with E-state index in [2.05, 4.69) is 18.9 Å². The lowest BCUT2D eigenvalue weighted by molar-refractivity contribution is 0.361. The zero-order chi connectivity index (χ0) is 16.2. The topological polar surface area (TPSA) is 81.2 Å². The first-order valence-corrected chi connectivity index (χ1v) is 8.97. The van der Waals surface area contributed by atoms with Gasteiger partial charge in [0.1, 0.15) is 4.90 Å². The molecule has 0 aliphatic heterocycles. The summed E-state index contributed by atoms with van der Waals surface area (Å²) in [5.74, 6) is 0.333. The Morgan fingerprint density at radius 3 is 2.43 bits per heavy atom. The monoisotopic (exact) mass is 316 g/mol. The highest BCUT2D eigenvalue weighted by atomic mass is 32.2. The molecule has 2 N–H and O–H groups in total. The third-order valence-electron chi connectivity index (χ3n) is 3.82. The Morgan fingerprint density at radius 1 is 1.33 bits per heavy atom. The van der Waals surface area contributed by atoms with E-state index < -0.39 is 10.0 Å². The van der Waals surface area contributed by atoms with Crippen molar-refractivity contribution in [3.05, 3.63) is 11.4 Å². The molecule has 0 saturated heterocycles. The van der Waals surface area contributed by atoms with E-state index in [0.717, 1.165) is 6.42 Å². The first kappa shape index (κ1) is 18.1. The van der Waals surface area contributed by atoms with Crippen molar-refractivity contribution >= 4 is 10.0 Å². The summed E-state index contributed by atoms with van der Waals surface area (Å²) < 4.78 is 29.1. The molecule has 0 amide bonds. The van der Waals surface area contributed by atoms with Crippen molar-refractivity contribution in [2.24, 2.45) is 11.7 Å². The Labute approximate surface area is 128 Å². The van der Waals surface area contributed by atoms with Crippen LogP contribution in [0.1, 0.15) is 38.6 Å². The third-order valence-corrected chi connectivity index (χ3v) is 6.01. The molecular weight excluding hydrogens is 288 g/mol. The van der Waals surface area contributed by atoms with Crippen molar-refractivity contribution in [3.8, 4) is 0 Å². The summed E-state index contributed by atoms with van der Waals surface area (Å²) in [6, 6.07) is 0. The van der Waals surface area contributed by atoms with Crippen molar-refractivity contribution in [2.45, 2.75) is 52.5 Å². The molecule has 0 saturated carbocycles. The predicted octanol–water partition coefficient (Wildman–Crippen LogP) is 1.52. The largest absolute Gasteiger partial charge is 0.329 e. The van der Waals surface area contributed by atoms with E-state index in [1.54, 1.807) is 22.8 Å². The van der Waals surface area contributed by atoms with Crippen LogP contribution in [0, 0.1) is 19.8 Å². The first-order chi connectivity index (χ1) is 9.79. The summed E-state index contributed by atoms with van der Waals surface area (Å²) in [7, 11) is -3.51. The SMILES string of the molecule is CCC(C)CN(CC)S(=O)(=O)c1c(C)nn(CCN)c1C. The molecule has 1 aromatic rings. The van der Waals surface area contributed by atoms with E-state index in [4.69, 9.17) is 5.73 Å². The second-order valence-corrected chi connectivity index (χ2v) is 7.36. The van der Waals surface area contributed by atoms with Gasteiger partial charge in [-0.05, 0) is 19.8 Å². The Bertz CT molecular complexity index is 566. The van der Waals surface area contributed by atoms with Crippen LogP contribution in [-0.2, 0) is 16.6 Å². The van der Waals surface area contributed by atoms with E-state index in [1.165, 1.54) is 0 Å². The molecule has 1 aromatic heterocycles. The van der Waals surface area contributed by atoms with Crippen LogP contribution in [0.2, 0.25) is 0 Å². The molecule has 0 aromatic carbocycles. The van der Waals surface area contributed by atoms with E-state index >= 15 is 0 Å². The molecule has 21 heavy (non-hydrogen) atoms. The summed E-state index contributed by atoms with van der Waals surface area (Å²) >= 11 is 0. The Kier molecular flexibility index (Phi) is 6.37. The van der Waals surface area contributed by atoms with Gasteiger partial charge in [0, 0.05) is 19.6 Å². The molecule has 7 heteroatoms. The van der Waals surface area contributed by atoms with Gasteiger partial charge in [0.05, 0.1) is 17.9 Å². The van der Waals surface area contributed by atoms with Gasteiger partial charge in [-0.15, -0.1) is 0 Å². The van der Waals surface area contributed by atoms with Crippen LogP contribution in [0.3, 0.4) is 0 Å². The molecule has 0 aliphatic rings. The van der Waals surface area contributed by atoms with Gasteiger partial charge in [-0.2, -0.15) is 9.40 Å². The second kappa shape index (κ2) is 7.38. The molecule has 0 aliphatic carbocycles. The van der Waals surface area contributed by atoms with Gasteiger partial charge in [0.25, 0.3) is 0 Å². The number of aryl methyl sites for hydroxylation is 1. The standard InChI is InChI=1S/C14H28N4O2S/c1-6-11(3)10-17(7-2)21(19,20)14-12(4)16-18(9-8-15)13(14)5/h11H,6-10,15H2,1-5H3. The summed E-state index contributed by atoms with van der Waals surface area (Å²) in [5.41, 5.74) is 6.76. The normalized spacial score (nSPS) is 13.9. The van der Waals surface area contributed by atoms with Crippen LogP contribution in [0.15, 0.2) is 4.90 Å². The highest BCUT2D eigenvalue weighted by molar-refractivity contribution is 7.89. The van der Waals surface area contributed by atoms with Crippen LogP contribution < -0.4 is 5.73 Å². The molecular formula is C14H28N4O2S. The van der Waals surface area contributed by atoms with Crippen LogP contribution >= 0.6 is 0 Å². The molecule has 1 unspecified atom stereocenters. The van der Waals surface area contributed by atoms with E-state index in [-0.39, 0.29) is 0 Å². The molecule has 1 atom stereocenters. The lowest BCUT2D eigenvalue weighted by atomic mass is 10.1. The predicted molar refractivity (Wildman–Crippen MR) is 84.6 cm³/mol. The van der Waals surface area contributed by atoms with Crippen LogP contribution in [0.4, 0.5) is 0 Å². The maximum absolute atomic E-state index is 12.9. The number of hydrogen-bond donors (Lipinski definition) is 1. The minimum absolute atomic E-state index is 0.333. The fraction of sp³-hybridized carbons (Fsp3) is 0.786. The van der Waals surface area contributed by atoms with Gasteiger partial charge in [-0.3, -0.25) is 4.68 Å². The van der Waals surface area contributed by atoms with Crippen LogP contribution in [0.5, 0.6) is 0 Å². The smallest absolute Gasteiger partial charge is 0.246 e. The summed E-state index contributed by atoms with van der Waals surface area (Å²) in [6.07, 6.45) is 0.955. The van der Waals surface area contributed by atoms with Crippen molar-refractivity contribution in [2.75, 3.05) is 19.6 Å². The zero-order valence-electron chi connectivity index (χ0n) is 13.8. The highest BCUT2D eigenvalue weighted by Gasteiger charge is 2.30. The molecule has 1 rings (SSSR count). The Morgan fingerprint density at radius 2 is 1.95 bits per heavy atom.